The summed E-state index contributed by atoms with van der Waals surface area (Å²) < 4.78 is 10.8. The second-order valence-electron chi connectivity index (χ2n) is 7.06. The first kappa shape index (κ1) is 18.2. The number of aliphatic hydroxyl groups excluding tert-OH is 1. The molecule has 5 nitrogen and oxygen atoms in total. The summed E-state index contributed by atoms with van der Waals surface area (Å²) in [5, 5.41) is 10.4. The van der Waals surface area contributed by atoms with Crippen LogP contribution in [0.2, 0.25) is 0 Å². The van der Waals surface area contributed by atoms with Crippen LogP contribution in [-0.4, -0.2) is 54.9 Å². The van der Waals surface area contributed by atoms with Crippen molar-refractivity contribution in [3.63, 3.8) is 0 Å². The molecule has 1 saturated heterocycles. The Kier molecular flexibility index (Phi) is 6.32. The molecule has 138 valence electrons. The summed E-state index contributed by atoms with van der Waals surface area (Å²) in [7, 11) is 1.63. The zero-order valence-electron chi connectivity index (χ0n) is 15.0. The summed E-state index contributed by atoms with van der Waals surface area (Å²) in [6.45, 7) is 1.67. The first-order valence-electron chi connectivity index (χ1n) is 9.42. The lowest BCUT2D eigenvalue weighted by molar-refractivity contribution is 0.0210. The van der Waals surface area contributed by atoms with Gasteiger partial charge in [-0.05, 0) is 37.8 Å². The predicted molar refractivity (Wildman–Crippen MR) is 95.8 cm³/mol. The molecule has 1 aliphatic carbocycles. The van der Waals surface area contributed by atoms with Gasteiger partial charge in [0.25, 0.3) is 5.91 Å². The van der Waals surface area contributed by atoms with Gasteiger partial charge in [-0.2, -0.15) is 0 Å². The average Bonchev–Trinajstić information content (AvgIpc) is 3.12. The molecule has 0 bridgehead atoms. The van der Waals surface area contributed by atoms with Crippen LogP contribution in [0.25, 0.3) is 0 Å². The molecular weight excluding hydrogens is 318 g/mol. The van der Waals surface area contributed by atoms with Gasteiger partial charge in [-0.3, -0.25) is 4.79 Å². The first-order chi connectivity index (χ1) is 12.2. The zero-order chi connectivity index (χ0) is 17.6. The van der Waals surface area contributed by atoms with Crippen molar-refractivity contribution in [2.75, 3.05) is 26.9 Å². The summed E-state index contributed by atoms with van der Waals surface area (Å²) in [5.41, 5.74) is 0.607. The van der Waals surface area contributed by atoms with E-state index in [-0.39, 0.29) is 24.0 Å². The number of benzene rings is 1. The van der Waals surface area contributed by atoms with E-state index in [4.69, 9.17) is 9.47 Å². The number of hydrogen-bond acceptors (Lipinski definition) is 4. The van der Waals surface area contributed by atoms with Gasteiger partial charge in [0.1, 0.15) is 12.4 Å². The fraction of sp³-hybridized carbons (Fsp3) is 0.650. The highest BCUT2D eigenvalue weighted by atomic mass is 16.5. The molecule has 1 aromatic carbocycles. The maximum Gasteiger partial charge on any atom is 0.257 e. The highest BCUT2D eigenvalue weighted by molar-refractivity contribution is 5.97. The number of ether oxygens (including phenoxy) is 2. The van der Waals surface area contributed by atoms with Gasteiger partial charge in [0.05, 0.1) is 18.3 Å². The summed E-state index contributed by atoms with van der Waals surface area (Å²) in [5.74, 6) is 0.842. The fourth-order valence-corrected chi connectivity index (χ4v) is 4.24. The van der Waals surface area contributed by atoms with Crippen LogP contribution in [0.3, 0.4) is 0 Å². The van der Waals surface area contributed by atoms with Gasteiger partial charge in [-0.15, -0.1) is 0 Å². The Balaban J connectivity index is 1.75. The molecule has 0 spiro atoms. The van der Waals surface area contributed by atoms with Gasteiger partial charge >= 0.3 is 0 Å². The van der Waals surface area contributed by atoms with Gasteiger partial charge in [0.15, 0.2) is 0 Å². The molecule has 3 rings (SSSR count). The van der Waals surface area contributed by atoms with Crippen LogP contribution < -0.4 is 4.74 Å². The van der Waals surface area contributed by atoms with E-state index >= 15 is 0 Å². The normalized spacial score (nSPS) is 26.6. The van der Waals surface area contributed by atoms with Crippen molar-refractivity contribution < 1.29 is 19.4 Å². The van der Waals surface area contributed by atoms with Crippen LogP contribution in [0.5, 0.6) is 5.75 Å². The third-order valence-electron chi connectivity index (χ3n) is 5.50. The van der Waals surface area contributed by atoms with E-state index in [1.54, 1.807) is 7.11 Å². The third kappa shape index (κ3) is 4.15. The predicted octanol–water partition coefficient (Wildman–Crippen LogP) is 2.87. The van der Waals surface area contributed by atoms with E-state index in [9.17, 15) is 9.90 Å². The molecule has 25 heavy (non-hydrogen) atoms. The Bertz CT molecular complexity index is 577. The molecule has 0 radical (unpaired) electrons. The Hall–Kier alpha value is -1.59. The topological polar surface area (TPSA) is 59.0 Å². The number of carbonyl (C=O) groups excluding carboxylic acids is 1. The van der Waals surface area contributed by atoms with E-state index in [0.717, 1.165) is 45.1 Å². The van der Waals surface area contributed by atoms with Crippen molar-refractivity contribution in [3.05, 3.63) is 29.8 Å². The largest absolute Gasteiger partial charge is 0.490 e. The van der Waals surface area contributed by atoms with Crippen molar-refractivity contribution in [1.82, 2.24) is 4.90 Å². The van der Waals surface area contributed by atoms with E-state index < -0.39 is 0 Å². The lowest BCUT2D eigenvalue weighted by Gasteiger charge is -2.37. The molecule has 1 aromatic rings. The van der Waals surface area contributed by atoms with Crippen molar-refractivity contribution in [3.8, 4) is 5.75 Å². The SMILES string of the molecule is COCCOc1ccccc1C(=O)N1CCC[C@@H]1[C@@H]1CCCC[C@H]1O. The van der Waals surface area contributed by atoms with Gasteiger partial charge in [-0.25, -0.2) is 0 Å². The molecule has 3 atom stereocenters. The summed E-state index contributed by atoms with van der Waals surface area (Å²) in [6.07, 6.45) is 5.83. The summed E-state index contributed by atoms with van der Waals surface area (Å²) >= 11 is 0. The molecule has 5 heteroatoms. The second kappa shape index (κ2) is 8.68. The lowest BCUT2D eigenvalue weighted by Crippen LogP contribution is -2.45. The molecule has 1 N–H and O–H groups in total. The molecule has 1 saturated carbocycles. The Morgan fingerprint density at radius 2 is 1.96 bits per heavy atom. The minimum Gasteiger partial charge on any atom is -0.490 e. The van der Waals surface area contributed by atoms with Gasteiger partial charge in [0, 0.05) is 25.6 Å². The molecule has 1 heterocycles. The Morgan fingerprint density at radius 1 is 1.16 bits per heavy atom. The summed E-state index contributed by atoms with van der Waals surface area (Å²) in [6, 6.07) is 7.57. The third-order valence-corrected chi connectivity index (χ3v) is 5.50. The smallest absolute Gasteiger partial charge is 0.257 e. The number of hydrogen-bond donors (Lipinski definition) is 1. The standard InChI is InChI=1S/C20H29NO4/c1-24-13-14-25-19-11-5-3-8-16(19)20(23)21-12-6-9-17(21)15-7-2-4-10-18(15)22/h3,5,8,11,15,17-18,22H,2,4,6-7,9-10,12-14H2,1H3/t15-,17+,18+/m0/s1. The number of methoxy groups -OCH3 is 1. The lowest BCUT2D eigenvalue weighted by atomic mass is 9.80. The van der Waals surface area contributed by atoms with E-state index in [2.05, 4.69) is 0 Å². The van der Waals surface area contributed by atoms with Crippen LogP contribution >= 0.6 is 0 Å². The highest BCUT2D eigenvalue weighted by Crippen LogP contribution is 2.36. The minimum atomic E-state index is -0.277. The van der Waals surface area contributed by atoms with E-state index in [0.29, 0.717) is 24.5 Å². The second-order valence-corrected chi connectivity index (χ2v) is 7.06. The monoisotopic (exact) mass is 347 g/mol. The van der Waals surface area contributed by atoms with Crippen molar-refractivity contribution in [1.29, 1.82) is 0 Å². The van der Waals surface area contributed by atoms with Gasteiger partial charge in [-0.1, -0.05) is 25.0 Å². The van der Waals surface area contributed by atoms with Crippen LogP contribution in [0.1, 0.15) is 48.9 Å². The van der Waals surface area contributed by atoms with Crippen molar-refractivity contribution in [2.24, 2.45) is 5.92 Å². The maximum atomic E-state index is 13.2. The Morgan fingerprint density at radius 3 is 2.76 bits per heavy atom. The minimum absolute atomic E-state index is 0.0216. The van der Waals surface area contributed by atoms with Crippen LogP contribution in [0, 0.1) is 5.92 Å². The summed E-state index contributed by atoms with van der Waals surface area (Å²) in [4.78, 5) is 15.2. The number of aliphatic hydroxyl groups is 1. The Labute approximate surface area is 149 Å². The van der Waals surface area contributed by atoms with E-state index in [1.807, 2.05) is 29.2 Å². The number of amides is 1. The zero-order valence-corrected chi connectivity index (χ0v) is 15.0. The van der Waals surface area contributed by atoms with Crippen molar-refractivity contribution in [2.45, 2.75) is 50.7 Å². The maximum absolute atomic E-state index is 13.2. The molecule has 1 amide bonds. The number of likely N-dealkylation sites (tertiary alicyclic amines) is 1. The van der Waals surface area contributed by atoms with E-state index in [1.165, 1.54) is 0 Å². The highest BCUT2D eigenvalue weighted by Gasteiger charge is 2.39. The van der Waals surface area contributed by atoms with Gasteiger partial charge in [0.2, 0.25) is 0 Å². The number of carbonyl (C=O) groups is 1. The number of para-hydroxylation sites is 1. The van der Waals surface area contributed by atoms with Crippen LogP contribution in [-0.2, 0) is 4.74 Å². The quantitative estimate of drug-likeness (QED) is 0.804. The molecule has 0 aromatic heterocycles. The molecule has 0 unspecified atom stereocenters. The van der Waals surface area contributed by atoms with Crippen molar-refractivity contribution >= 4 is 5.91 Å². The molecule has 1 aliphatic heterocycles. The average molecular weight is 347 g/mol. The fourth-order valence-electron chi connectivity index (χ4n) is 4.24. The van der Waals surface area contributed by atoms with Crippen LogP contribution in [0.4, 0.5) is 0 Å². The van der Waals surface area contributed by atoms with Gasteiger partial charge < -0.3 is 19.5 Å². The number of nitrogens with zero attached hydrogens (tertiary/aromatic N) is 1. The first-order valence-corrected chi connectivity index (χ1v) is 9.42. The van der Waals surface area contributed by atoms with Crippen LogP contribution in [0.15, 0.2) is 24.3 Å². The molecule has 2 aliphatic rings. The molecule has 2 fully saturated rings. The molecular formula is C20H29NO4. The number of rotatable bonds is 6.